The molecular weight excluding hydrogens is 201 g/mol. The second-order valence-corrected chi connectivity index (χ2v) is 4.03. The molecule has 1 rings (SSSR count). The molecule has 0 saturated carbocycles. The van der Waals surface area contributed by atoms with Crippen LogP contribution in [0.3, 0.4) is 0 Å². The van der Waals surface area contributed by atoms with Gasteiger partial charge in [0.05, 0.1) is 10.5 Å². The Morgan fingerprint density at radius 2 is 2.13 bits per heavy atom. The number of benzene rings is 1. The fraction of sp³-hybridized carbons (Fsp3) is 0.400. The summed E-state index contributed by atoms with van der Waals surface area (Å²) in [4.78, 5) is 9.67. The lowest BCUT2D eigenvalue weighted by atomic mass is 9.98. The van der Waals surface area contributed by atoms with E-state index in [1.165, 1.54) is 6.07 Å². The second kappa shape index (κ2) is 3.94. The third-order valence-electron chi connectivity index (χ3n) is 1.84. The van der Waals surface area contributed by atoms with Gasteiger partial charge in [-0.1, -0.05) is 6.07 Å². The molecule has 0 heterocycles. The number of nitro groups is 1. The van der Waals surface area contributed by atoms with Gasteiger partial charge in [-0.3, -0.25) is 10.1 Å². The van der Waals surface area contributed by atoms with Crippen LogP contribution in [0.5, 0.6) is 0 Å². The zero-order valence-electron chi connectivity index (χ0n) is 8.53. The normalized spacial score (nSPS) is 11.5. The van der Waals surface area contributed by atoms with E-state index < -0.39 is 22.0 Å². The second-order valence-electron chi connectivity index (χ2n) is 4.03. The van der Waals surface area contributed by atoms with Crippen molar-refractivity contribution in [3.05, 3.63) is 39.7 Å². The van der Waals surface area contributed by atoms with Crippen LogP contribution in [-0.4, -0.2) is 15.6 Å². The quantitative estimate of drug-likeness (QED) is 0.617. The van der Waals surface area contributed by atoms with E-state index in [0.717, 1.165) is 12.1 Å². The summed E-state index contributed by atoms with van der Waals surface area (Å²) in [6, 6.07) is 3.62. The zero-order valence-corrected chi connectivity index (χ0v) is 8.53. The van der Waals surface area contributed by atoms with E-state index in [4.69, 9.17) is 0 Å². The Labute approximate surface area is 86.5 Å². The molecule has 0 bridgehead atoms. The largest absolute Gasteiger partial charge is 0.390 e. The van der Waals surface area contributed by atoms with Crippen molar-refractivity contribution in [1.82, 2.24) is 0 Å². The molecule has 82 valence electrons. The predicted molar refractivity (Wildman–Crippen MR) is 53.1 cm³/mol. The highest BCUT2D eigenvalue weighted by Gasteiger charge is 2.18. The van der Waals surface area contributed by atoms with Crippen LogP contribution in [0.2, 0.25) is 0 Å². The van der Waals surface area contributed by atoms with E-state index in [-0.39, 0.29) is 6.42 Å². The number of hydrogen-bond donors (Lipinski definition) is 1. The van der Waals surface area contributed by atoms with E-state index in [1.807, 2.05) is 0 Å². The maximum Gasteiger partial charge on any atom is 0.305 e. The smallest absolute Gasteiger partial charge is 0.305 e. The summed E-state index contributed by atoms with van der Waals surface area (Å²) in [5.74, 6) is -0.862. The van der Waals surface area contributed by atoms with Gasteiger partial charge < -0.3 is 5.11 Å². The Balaban J connectivity index is 3.03. The van der Waals surface area contributed by atoms with Crippen LogP contribution in [-0.2, 0) is 6.42 Å². The minimum atomic E-state index is -0.967. The molecule has 0 unspecified atom stereocenters. The van der Waals surface area contributed by atoms with Crippen LogP contribution in [0.15, 0.2) is 18.2 Å². The van der Waals surface area contributed by atoms with E-state index in [1.54, 1.807) is 13.8 Å². The summed E-state index contributed by atoms with van der Waals surface area (Å²) in [6.07, 6.45) is 0.244. The zero-order chi connectivity index (χ0) is 11.6. The van der Waals surface area contributed by atoms with Crippen molar-refractivity contribution in [3.8, 4) is 0 Å². The molecule has 0 amide bonds. The maximum absolute atomic E-state index is 12.9. The summed E-state index contributed by atoms with van der Waals surface area (Å²) in [7, 11) is 0. The number of nitro benzene ring substituents is 1. The van der Waals surface area contributed by atoms with Gasteiger partial charge in [-0.05, 0) is 25.5 Å². The van der Waals surface area contributed by atoms with Crippen molar-refractivity contribution in [3.63, 3.8) is 0 Å². The van der Waals surface area contributed by atoms with Gasteiger partial charge in [0, 0.05) is 12.5 Å². The lowest BCUT2D eigenvalue weighted by Gasteiger charge is -2.16. The molecule has 0 atom stereocenters. The van der Waals surface area contributed by atoms with Crippen molar-refractivity contribution in [2.45, 2.75) is 25.9 Å². The summed E-state index contributed by atoms with van der Waals surface area (Å²) < 4.78 is 12.9. The van der Waals surface area contributed by atoms with Gasteiger partial charge in [-0.2, -0.15) is 4.39 Å². The van der Waals surface area contributed by atoms with Gasteiger partial charge >= 0.3 is 5.69 Å². The minimum absolute atomic E-state index is 0.244. The Morgan fingerprint density at radius 1 is 1.53 bits per heavy atom. The van der Waals surface area contributed by atoms with E-state index in [0.29, 0.717) is 5.56 Å². The number of hydrogen-bond acceptors (Lipinski definition) is 3. The Kier molecular flexibility index (Phi) is 3.04. The molecule has 0 saturated heterocycles. The van der Waals surface area contributed by atoms with Gasteiger partial charge in [-0.15, -0.1) is 0 Å². The maximum atomic E-state index is 12.9. The summed E-state index contributed by atoms with van der Waals surface area (Å²) in [6.45, 7) is 3.17. The number of halogens is 1. The van der Waals surface area contributed by atoms with Crippen LogP contribution in [0.25, 0.3) is 0 Å². The average molecular weight is 213 g/mol. The summed E-state index contributed by atoms with van der Waals surface area (Å²) >= 11 is 0. The molecule has 0 aromatic heterocycles. The lowest BCUT2D eigenvalue weighted by molar-refractivity contribution is -0.387. The molecule has 1 aromatic carbocycles. The van der Waals surface area contributed by atoms with Gasteiger partial charge in [0.2, 0.25) is 5.82 Å². The monoisotopic (exact) mass is 213 g/mol. The minimum Gasteiger partial charge on any atom is -0.390 e. The van der Waals surface area contributed by atoms with Crippen molar-refractivity contribution in [2.75, 3.05) is 0 Å². The molecule has 1 N–H and O–H groups in total. The van der Waals surface area contributed by atoms with Crippen LogP contribution in [0.1, 0.15) is 19.4 Å². The fourth-order valence-electron chi connectivity index (χ4n) is 1.31. The third kappa shape index (κ3) is 3.28. The van der Waals surface area contributed by atoms with E-state index in [9.17, 15) is 19.6 Å². The molecule has 4 nitrogen and oxygen atoms in total. The number of aliphatic hydroxyl groups is 1. The molecule has 0 fully saturated rings. The molecule has 5 heteroatoms. The topological polar surface area (TPSA) is 63.4 Å². The Hall–Kier alpha value is -1.49. The first-order valence-electron chi connectivity index (χ1n) is 4.45. The SMILES string of the molecule is CC(C)(O)Cc1ccc(F)c([N+](=O)[O-])c1. The highest BCUT2D eigenvalue weighted by atomic mass is 19.1. The molecular formula is C10H12FNO3. The van der Waals surface area contributed by atoms with Gasteiger partial charge in [0.25, 0.3) is 0 Å². The van der Waals surface area contributed by atoms with E-state index >= 15 is 0 Å². The molecule has 0 spiro atoms. The predicted octanol–water partition coefficient (Wildman–Crippen LogP) is 2.05. The van der Waals surface area contributed by atoms with Crippen LogP contribution >= 0.6 is 0 Å². The van der Waals surface area contributed by atoms with Crippen LogP contribution in [0, 0.1) is 15.9 Å². The summed E-state index contributed by atoms with van der Waals surface area (Å²) in [5.41, 5.74) is -0.988. The van der Waals surface area contributed by atoms with E-state index in [2.05, 4.69) is 0 Å². The first kappa shape index (κ1) is 11.6. The van der Waals surface area contributed by atoms with Crippen molar-refractivity contribution >= 4 is 5.69 Å². The van der Waals surface area contributed by atoms with Crippen molar-refractivity contribution in [2.24, 2.45) is 0 Å². The highest BCUT2D eigenvalue weighted by molar-refractivity contribution is 5.36. The molecule has 15 heavy (non-hydrogen) atoms. The summed E-state index contributed by atoms with van der Waals surface area (Å²) in [5, 5.41) is 19.9. The van der Waals surface area contributed by atoms with Gasteiger partial charge in [-0.25, -0.2) is 0 Å². The molecule has 1 aromatic rings. The first-order chi connectivity index (χ1) is 6.79. The fourth-order valence-corrected chi connectivity index (χ4v) is 1.31. The standard InChI is InChI=1S/C10H12FNO3/c1-10(2,13)6-7-3-4-8(11)9(5-7)12(14)15/h3-5,13H,6H2,1-2H3. The van der Waals surface area contributed by atoms with Crippen molar-refractivity contribution < 1.29 is 14.4 Å². The Morgan fingerprint density at radius 3 is 2.60 bits per heavy atom. The highest BCUT2D eigenvalue weighted by Crippen LogP contribution is 2.21. The van der Waals surface area contributed by atoms with Crippen LogP contribution < -0.4 is 0 Å². The lowest BCUT2D eigenvalue weighted by Crippen LogP contribution is -2.21. The van der Waals surface area contributed by atoms with Crippen molar-refractivity contribution in [1.29, 1.82) is 0 Å². The molecule has 0 radical (unpaired) electrons. The molecule has 0 aliphatic carbocycles. The molecule has 0 aliphatic rings. The first-order valence-corrected chi connectivity index (χ1v) is 4.45. The number of rotatable bonds is 3. The van der Waals surface area contributed by atoms with Crippen LogP contribution in [0.4, 0.5) is 10.1 Å². The number of nitrogens with zero attached hydrogens (tertiary/aromatic N) is 1. The average Bonchev–Trinajstić information content (AvgIpc) is 2.05. The van der Waals surface area contributed by atoms with Gasteiger partial charge in [0.1, 0.15) is 0 Å². The van der Waals surface area contributed by atoms with Gasteiger partial charge in [0.15, 0.2) is 0 Å². The Bertz CT molecular complexity index is 385. The molecule has 0 aliphatic heterocycles. The third-order valence-corrected chi connectivity index (χ3v) is 1.84.